The second-order valence-electron chi connectivity index (χ2n) is 5.82. The summed E-state index contributed by atoms with van der Waals surface area (Å²) in [6.45, 7) is 1.20. The number of carbonyl (C=O) groups excluding carboxylic acids is 1. The summed E-state index contributed by atoms with van der Waals surface area (Å²) in [6.07, 6.45) is -2.86. The zero-order valence-corrected chi connectivity index (χ0v) is 14.8. The molecule has 2 heterocycles. The summed E-state index contributed by atoms with van der Waals surface area (Å²) in [5.41, 5.74) is 0.347. The topological polar surface area (TPSA) is 66.0 Å². The lowest BCUT2D eigenvalue weighted by Crippen LogP contribution is -2.25. The fourth-order valence-corrected chi connectivity index (χ4v) is 3.33. The van der Waals surface area contributed by atoms with Crippen molar-refractivity contribution in [2.75, 3.05) is 24.3 Å². The molecule has 0 spiro atoms. The first-order valence-electron chi connectivity index (χ1n) is 8.21. The van der Waals surface area contributed by atoms with Crippen molar-refractivity contribution in [2.24, 2.45) is 0 Å². The van der Waals surface area contributed by atoms with E-state index in [0.717, 1.165) is 11.3 Å². The minimum atomic E-state index is -3.68. The van der Waals surface area contributed by atoms with Crippen molar-refractivity contribution in [1.82, 2.24) is 0 Å². The average Bonchev–Trinajstić information content (AvgIpc) is 2.79. The molecule has 27 heavy (non-hydrogen) atoms. The van der Waals surface area contributed by atoms with Crippen LogP contribution in [0.5, 0.6) is 23.0 Å². The Morgan fingerprint density at radius 3 is 2.59 bits per heavy atom. The summed E-state index contributed by atoms with van der Waals surface area (Å²) < 4.78 is 45.9. The molecule has 142 valence electrons. The van der Waals surface area contributed by atoms with E-state index in [9.17, 15) is 13.6 Å². The van der Waals surface area contributed by atoms with Crippen LogP contribution < -0.4 is 24.3 Å². The molecule has 0 fully saturated rings. The van der Waals surface area contributed by atoms with Gasteiger partial charge < -0.3 is 24.3 Å². The molecular formula is C18H15F2NO5S. The smallest absolute Gasteiger partial charge is 0.490 e. The highest BCUT2D eigenvalue weighted by atomic mass is 32.2. The van der Waals surface area contributed by atoms with Crippen LogP contribution in [0.2, 0.25) is 0 Å². The van der Waals surface area contributed by atoms with E-state index in [1.807, 2.05) is 18.2 Å². The van der Waals surface area contributed by atoms with Gasteiger partial charge in [-0.25, -0.2) is 0 Å². The van der Waals surface area contributed by atoms with Gasteiger partial charge in [-0.05, 0) is 30.3 Å². The predicted octanol–water partition coefficient (Wildman–Crippen LogP) is 3.90. The van der Waals surface area contributed by atoms with Gasteiger partial charge in [-0.1, -0.05) is 0 Å². The summed E-state index contributed by atoms with van der Waals surface area (Å²) in [5.74, 6) is 1.03. The quantitative estimate of drug-likeness (QED) is 0.792. The molecule has 0 atom stereocenters. The minimum Gasteiger partial charge on any atom is -0.490 e. The molecule has 0 unspecified atom stereocenters. The second-order valence-corrected chi connectivity index (χ2v) is 6.87. The summed E-state index contributed by atoms with van der Waals surface area (Å²) in [7, 11) is 0. The van der Waals surface area contributed by atoms with E-state index in [0.29, 0.717) is 30.4 Å². The second kappa shape index (κ2) is 7.15. The van der Waals surface area contributed by atoms with E-state index in [1.54, 1.807) is 0 Å². The standard InChI is InChI=1S/C18H15F2NO5S/c19-18(20)25-14-4-2-11(8-16(14)26-18)21-17(22)10-27-12-3-5-13-15(9-12)24-7-1-6-23-13/h2-5,8-9H,1,6-7,10H2,(H,21,22). The summed E-state index contributed by atoms with van der Waals surface area (Å²) in [5, 5.41) is 2.65. The molecule has 2 aromatic rings. The number of hydrogen-bond donors (Lipinski definition) is 1. The number of anilines is 1. The first-order chi connectivity index (χ1) is 13.0. The molecule has 0 aliphatic carbocycles. The number of nitrogens with one attached hydrogen (secondary N) is 1. The predicted molar refractivity (Wildman–Crippen MR) is 94.0 cm³/mol. The lowest BCUT2D eigenvalue weighted by molar-refractivity contribution is -0.286. The zero-order chi connectivity index (χ0) is 18.9. The third-order valence-corrected chi connectivity index (χ3v) is 4.77. The number of ether oxygens (including phenoxy) is 4. The molecule has 0 saturated carbocycles. The van der Waals surface area contributed by atoms with Crippen LogP contribution in [0, 0.1) is 0 Å². The van der Waals surface area contributed by atoms with E-state index >= 15 is 0 Å². The van der Waals surface area contributed by atoms with Gasteiger partial charge in [0.1, 0.15) is 0 Å². The van der Waals surface area contributed by atoms with E-state index < -0.39 is 6.29 Å². The monoisotopic (exact) mass is 395 g/mol. The fourth-order valence-electron chi connectivity index (χ4n) is 2.61. The number of rotatable bonds is 4. The SMILES string of the molecule is O=C(CSc1ccc2c(c1)OCCCO2)Nc1ccc2c(c1)OC(F)(F)O2. The number of thioether (sulfide) groups is 1. The Balaban J connectivity index is 1.35. The van der Waals surface area contributed by atoms with Crippen molar-refractivity contribution >= 4 is 23.4 Å². The Bertz CT molecular complexity index is 877. The Kier molecular flexibility index (Phi) is 4.69. The molecule has 1 amide bonds. The van der Waals surface area contributed by atoms with Crippen LogP contribution in [-0.4, -0.2) is 31.2 Å². The van der Waals surface area contributed by atoms with E-state index in [2.05, 4.69) is 14.8 Å². The normalized spacial score (nSPS) is 16.5. The van der Waals surface area contributed by atoms with Gasteiger partial charge in [-0.15, -0.1) is 20.5 Å². The summed E-state index contributed by atoms with van der Waals surface area (Å²) >= 11 is 1.33. The van der Waals surface area contributed by atoms with Gasteiger partial charge in [-0.3, -0.25) is 4.79 Å². The van der Waals surface area contributed by atoms with E-state index in [-0.39, 0.29) is 23.2 Å². The number of carbonyl (C=O) groups is 1. The molecule has 1 N–H and O–H groups in total. The van der Waals surface area contributed by atoms with Gasteiger partial charge in [0.2, 0.25) is 5.91 Å². The van der Waals surface area contributed by atoms with Crippen LogP contribution in [0.4, 0.5) is 14.5 Å². The van der Waals surface area contributed by atoms with Gasteiger partial charge in [0.05, 0.1) is 19.0 Å². The average molecular weight is 395 g/mol. The van der Waals surface area contributed by atoms with Gasteiger partial charge >= 0.3 is 6.29 Å². The molecule has 4 rings (SSSR count). The van der Waals surface area contributed by atoms with Crippen molar-refractivity contribution < 1.29 is 32.5 Å². The van der Waals surface area contributed by atoms with Crippen LogP contribution in [-0.2, 0) is 4.79 Å². The Labute approximate surface area is 157 Å². The Hall–Kier alpha value is -2.68. The number of fused-ring (bicyclic) bond motifs is 2. The van der Waals surface area contributed by atoms with E-state index in [4.69, 9.17) is 9.47 Å². The molecule has 2 aliphatic rings. The van der Waals surface area contributed by atoms with Crippen molar-refractivity contribution in [3.05, 3.63) is 36.4 Å². The lowest BCUT2D eigenvalue weighted by Gasteiger charge is -2.09. The van der Waals surface area contributed by atoms with Crippen LogP contribution in [0.3, 0.4) is 0 Å². The third-order valence-electron chi connectivity index (χ3n) is 3.77. The highest BCUT2D eigenvalue weighted by molar-refractivity contribution is 8.00. The Morgan fingerprint density at radius 1 is 1.00 bits per heavy atom. The highest BCUT2D eigenvalue weighted by Gasteiger charge is 2.43. The maximum atomic E-state index is 13.0. The van der Waals surface area contributed by atoms with Crippen LogP contribution in [0.25, 0.3) is 0 Å². The van der Waals surface area contributed by atoms with E-state index in [1.165, 1.54) is 30.0 Å². The fraction of sp³-hybridized carbons (Fsp3) is 0.278. The number of amides is 1. The number of alkyl halides is 2. The number of benzene rings is 2. The zero-order valence-electron chi connectivity index (χ0n) is 14.0. The largest absolute Gasteiger partial charge is 0.586 e. The lowest BCUT2D eigenvalue weighted by atomic mass is 10.3. The van der Waals surface area contributed by atoms with Crippen molar-refractivity contribution in [3.63, 3.8) is 0 Å². The molecule has 0 radical (unpaired) electrons. The van der Waals surface area contributed by atoms with Gasteiger partial charge in [-0.2, -0.15) is 0 Å². The first-order valence-corrected chi connectivity index (χ1v) is 9.19. The molecule has 0 bridgehead atoms. The first kappa shape index (κ1) is 17.7. The van der Waals surface area contributed by atoms with Crippen LogP contribution in [0.1, 0.15) is 6.42 Å². The Morgan fingerprint density at radius 2 is 1.74 bits per heavy atom. The summed E-state index contributed by atoms with van der Waals surface area (Å²) in [4.78, 5) is 13.0. The number of hydrogen-bond acceptors (Lipinski definition) is 6. The molecule has 2 aliphatic heterocycles. The molecule has 0 saturated heterocycles. The minimum absolute atomic E-state index is 0.0698. The number of halogens is 2. The van der Waals surface area contributed by atoms with Crippen molar-refractivity contribution in [3.8, 4) is 23.0 Å². The van der Waals surface area contributed by atoms with Gasteiger partial charge in [0.15, 0.2) is 23.0 Å². The third kappa shape index (κ3) is 4.19. The van der Waals surface area contributed by atoms with Crippen molar-refractivity contribution in [2.45, 2.75) is 17.6 Å². The van der Waals surface area contributed by atoms with Crippen LogP contribution >= 0.6 is 11.8 Å². The highest BCUT2D eigenvalue weighted by Crippen LogP contribution is 2.42. The van der Waals surface area contributed by atoms with Gasteiger partial charge in [0.25, 0.3) is 0 Å². The maximum absolute atomic E-state index is 13.0. The molecule has 0 aromatic heterocycles. The molecular weight excluding hydrogens is 380 g/mol. The molecule has 2 aromatic carbocycles. The molecule has 6 nitrogen and oxygen atoms in total. The summed E-state index contributed by atoms with van der Waals surface area (Å²) in [6, 6.07) is 9.60. The molecule has 9 heteroatoms. The van der Waals surface area contributed by atoms with Gasteiger partial charge in [0, 0.05) is 23.1 Å². The van der Waals surface area contributed by atoms with Crippen LogP contribution in [0.15, 0.2) is 41.3 Å². The van der Waals surface area contributed by atoms with Crippen molar-refractivity contribution in [1.29, 1.82) is 0 Å². The maximum Gasteiger partial charge on any atom is 0.586 e.